The number of hydrogen-bond acceptors (Lipinski definition) is 4. The predicted octanol–water partition coefficient (Wildman–Crippen LogP) is 2.21. The molecule has 1 amide bonds. The summed E-state index contributed by atoms with van der Waals surface area (Å²) >= 11 is 5.78. The van der Waals surface area contributed by atoms with E-state index in [9.17, 15) is 4.79 Å². The Labute approximate surface area is 108 Å². The van der Waals surface area contributed by atoms with Crippen LogP contribution in [0.3, 0.4) is 0 Å². The lowest BCUT2D eigenvalue weighted by Gasteiger charge is -2.09. The van der Waals surface area contributed by atoms with E-state index >= 15 is 0 Å². The molecule has 0 aliphatic rings. The zero-order valence-corrected chi connectivity index (χ0v) is 10.0. The molecule has 4 N–H and O–H groups in total. The van der Waals surface area contributed by atoms with Crippen LogP contribution in [0.2, 0.25) is 5.02 Å². The third kappa shape index (κ3) is 2.70. The van der Waals surface area contributed by atoms with Crippen LogP contribution >= 0.6 is 11.6 Å². The minimum absolute atomic E-state index is 0.314. The molecule has 6 heteroatoms. The summed E-state index contributed by atoms with van der Waals surface area (Å²) < 4.78 is 5.50. The fourth-order valence-corrected chi connectivity index (χ4v) is 1.52. The zero-order chi connectivity index (χ0) is 13.1. The molecule has 0 saturated heterocycles. The van der Waals surface area contributed by atoms with Crippen molar-refractivity contribution < 1.29 is 9.53 Å². The van der Waals surface area contributed by atoms with E-state index in [1.165, 1.54) is 24.5 Å². The first-order chi connectivity index (χ1) is 8.56. The van der Waals surface area contributed by atoms with Gasteiger partial charge >= 0.3 is 0 Å². The largest absolute Gasteiger partial charge is 0.454 e. The smallest absolute Gasteiger partial charge is 0.248 e. The molecule has 0 aliphatic carbocycles. The lowest BCUT2D eigenvalue weighted by Crippen LogP contribution is -2.11. The van der Waals surface area contributed by atoms with Crippen LogP contribution in [0, 0.1) is 0 Å². The molecule has 0 unspecified atom stereocenters. The lowest BCUT2D eigenvalue weighted by molar-refractivity contribution is 0.1000. The van der Waals surface area contributed by atoms with Crippen molar-refractivity contribution in [1.29, 1.82) is 0 Å². The Morgan fingerprint density at radius 2 is 2.06 bits per heavy atom. The molecule has 1 aromatic carbocycles. The summed E-state index contributed by atoms with van der Waals surface area (Å²) in [4.78, 5) is 14.9. The van der Waals surface area contributed by atoms with Gasteiger partial charge < -0.3 is 16.2 Å². The fraction of sp³-hybridized carbons (Fsp3) is 0. The van der Waals surface area contributed by atoms with Crippen molar-refractivity contribution in [2.75, 3.05) is 5.73 Å². The molecular weight excluding hydrogens is 254 g/mol. The number of benzene rings is 1. The molecule has 0 aliphatic heterocycles. The van der Waals surface area contributed by atoms with Gasteiger partial charge in [0, 0.05) is 17.8 Å². The molecule has 2 rings (SSSR count). The van der Waals surface area contributed by atoms with Crippen LogP contribution < -0.4 is 16.2 Å². The van der Waals surface area contributed by atoms with Gasteiger partial charge in [-0.25, -0.2) is 0 Å². The van der Waals surface area contributed by atoms with Crippen molar-refractivity contribution in [2.24, 2.45) is 5.73 Å². The Balaban J connectivity index is 2.33. The number of anilines is 1. The molecule has 1 heterocycles. The van der Waals surface area contributed by atoms with E-state index in [4.69, 9.17) is 27.8 Å². The van der Waals surface area contributed by atoms with Gasteiger partial charge in [-0.1, -0.05) is 11.6 Å². The van der Waals surface area contributed by atoms with Crippen LogP contribution in [-0.4, -0.2) is 10.9 Å². The third-order valence-corrected chi connectivity index (χ3v) is 2.41. The molecular formula is C12H10ClN3O2. The highest BCUT2D eigenvalue weighted by atomic mass is 35.5. The van der Waals surface area contributed by atoms with Crippen molar-refractivity contribution in [3.63, 3.8) is 0 Å². The average Bonchev–Trinajstić information content (AvgIpc) is 2.31. The summed E-state index contributed by atoms with van der Waals surface area (Å²) in [6.45, 7) is 0. The SMILES string of the molecule is NC(=O)c1ccc(N)c(Oc2cncc(Cl)c2)c1. The molecule has 92 valence electrons. The number of rotatable bonds is 3. The Hall–Kier alpha value is -2.27. The van der Waals surface area contributed by atoms with Crippen molar-refractivity contribution in [3.8, 4) is 11.5 Å². The number of amides is 1. The van der Waals surface area contributed by atoms with E-state index < -0.39 is 5.91 Å². The summed E-state index contributed by atoms with van der Waals surface area (Å²) in [6.07, 6.45) is 2.97. The number of hydrogen-bond donors (Lipinski definition) is 2. The molecule has 0 atom stereocenters. The van der Waals surface area contributed by atoms with E-state index in [-0.39, 0.29) is 0 Å². The Kier molecular flexibility index (Phi) is 3.34. The van der Waals surface area contributed by atoms with Crippen molar-refractivity contribution in [1.82, 2.24) is 4.98 Å². The van der Waals surface area contributed by atoms with Crippen LogP contribution in [-0.2, 0) is 0 Å². The van der Waals surface area contributed by atoms with Crippen molar-refractivity contribution in [3.05, 3.63) is 47.2 Å². The topological polar surface area (TPSA) is 91.2 Å². The maximum absolute atomic E-state index is 11.1. The number of aromatic nitrogens is 1. The first-order valence-electron chi connectivity index (χ1n) is 5.04. The molecule has 1 aromatic heterocycles. The van der Waals surface area contributed by atoms with Gasteiger partial charge in [-0.3, -0.25) is 9.78 Å². The summed E-state index contributed by atoms with van der Waals surface area (Å²) in [7, 11) is 0. The number of nitrogens with zero attached hydrogens (tertiary/aromatic N) is 1. The number of nitrogen functional groups attached to an aromatic ring is 1. The van der Waals surface area contributed by atoms with Gasteiger partial charge in [-0.2, -0.15) is 0 Å². The Morgan fingerprint density at radius 1 is 1.28 bits per heavy atom. The van der Waals surface area contributed by atoms with E-state index in [1.807, 2.05) is 0 Å². The van der Waals surface area contributed by atoms with E-state index in [0.717, 1.165) is 0 Å². The number of carbonyl (C=O) groups excluding carboxylic acids is 1. The molecule has 0 saturated carbocycles. The van der Waals surface area contributed by atoms with Crippen LogP contribution in [0.4, 0.5) is 5.69 Å². The molecule has 2 aromatic rings. The highest BCUT2D eigenvalue weighted by Gasteiger charge is 2.07. The number of carbonyl (C=O) groups is 1. The molecule has 0 fully saturated rings. The van der Waals surface area contributed by atoms with Crippen molar-refractivity contribution >= 4 is 23.2 Å². The molecule has 0 spiro atoms. The quantitative estimate of drug-likeness (QED) is 0.831. The van der Waals surface area contributed by atoms with Gasteiger partial charge in [0.25, 0.3) is 0 Å². The first-order valence-corrected chi connectivity index (χ1v) is 5.42. The number of halogens is 1. The second kappa shape index (κ2) is 4.93. The van der Waals surface area contributed by atoms with Gasteiger partial charge in [0.2, 0.25) is 5.91 Å². The van der Waals surface area contributed by atoms with Gasteiger partial charge in [0.15, 0.2) is 5.75 Å². The summed E-state index contributed by atoms with van der Waals surface area (Å²) in [6, 6.07) is 6.14. The summed E-state index contributed by atoms with van der Waals surface area (Å²) in [5.41, 5.74) is 11.6. The standard InChI is InChI=1S/C12H10ClN3O2/c13-8-4-9(6-16-5-8)18-11-3-7(12(15)17)1-2-10(11)14/h1-6H,14H2,(H2,15,17). The fourth-order valence-electron chi connectivity index (χ4n) is 1.35. The van der Waals surface area contributed by atoms with Gasteiger partial charge in [-0.05, 0) is 18.2 Å². The normalized spacial score (nSPS) is 10.1. The van der Waals surface area contributed by atoms with Crippen LogP contribution in [0.5, 0.6) is 11.5 Å². The summed E-state index contributed by atoms with van der Waals surface area (Å²) in [5.74, 6) is 0.204. The molecule has 0 bridgehead atoms. The van der Waals surface area contributed by atoms with E-state index in [0.29, 0.717) is 27.8 Å². The monoisotopic (exact) mass is 263 g/mol. The predicted molar refractivity (Wildman–Crippen MR) is 68.7 cm³/mol. The number of pyridine rings is 1. The maximum atomic E-state index is 11.1. The Bertz CT molecular complexity index is 602. The Morgan fingerprint density at radius 3 is 2.72 bits per heavy atom. The van der Waals surface area contributed by atoms with Crippen molar-refractivity contribution in [2.45, 2.75) is 0 Å². The van der Waals surface area contributed by atoms with Gasteiger partial charge in [0.05, 0.1) is 16.9 Å². The minimum atomic E-state index is -0.552. The highest BCUT2D eigenvalue weighted by Crippen LogP contribution is 2.29. The van der Waals surface area contributed by atoms with Crippen LogP contribution in [0.1, 0.15) is 10.4 Å². The van der Waals surface area contributed by atoms with Gasteiger partial charge in [-0.15, -0.1) is 0 Å². The number of nitrogens with two attached hydrogens (primary N) is 2. The highest BCUT2D eigenvalue weighted by molar-refractivity contribution is 6.30. The molecule has 5 nitrogen and oxygen atoms in total. The third-order valence-electron chi connectivity index (χ3n) is 2.21. The first kappa shape index (κ1) is 12.2. The second-order valence-corrected chi connectivity index (χ2v) is 3.99. The second-order valence-electron chi connectivity index (χ2n) is 3.56. The maximum Gasteiger partial charge on any atom is 0.248 e. The van der Waals surface area contributed by atoms with Crippen LogP contribution in [0.25, 0.3) is 0 Å². The summed E-state index contributed by atoms with van der Waals surface area (Å²) in [5, 5.41) is 0.442. The number of primary amides is 1. The van der Waals surface area contributed by atoms with Crippen LogP contribution in [0.15, 0.2) is 36.7 Å². The number of ether oxygens (including phenoxy) is 1. The molecule has 18 heavy (non-hydrogen) atoms. The van der Waals surface area contributed by atoms with Gasteiger partial charge in [0.1, 0.15) is 5.75 Å². The average molecular weight is 264 g/mol. The van der Waals surface area contributed by atoms with E-state index in [2.05, 4.69) is 4.98 Å². The lowest BCUT2D eigenvalue weighted by atomic mass is 10.2. The zero-order valence-electron chi connectivity index (χ0n) is 9.26. The van der Waals surface area contributed by atoms with E-state index in [1.54, 1.807) is 12.1 Å². The molecule has 0 radical (unpaired) electrons. The minimum Gasteiger partial charge on any atom is -0.454 e.